The summed E-state index contributed by atoms with van der Waals surface area (Å²) in [6, 6.07) is 9.14. The van der Waals surface area contributed by atoms with Gasteiger partial charge in [0.1, 0.15) is 22.8 Å². The Morgan fingerprint density at radius 1 is 1.10 bits per heavy atom. The summed E-state index contributed by atoms with van der Waals surface area (Å²) in [4.78, 5) is 50.3. The lowest BCUT2D eigenvalue weighted by Crippen LogP contribution is -2.29. The molecule has 1 fully saturated rings. The number of thiazole rings is 1. The van der Waals surface area contributed by atoms with Gasteiger partial charge in [-0.3, -0.25) is 18.9 Å². The van der Waals surface area contributed by atoms with Gasteiger partial charge in [0.05, 0.1) is 37.2 Å². The van der Waals surface area contributed by atoms with Gasteiger partial charge in [-0.2, -0.15) is 0 Å². The number of fused-ring (bicyclic) bond motifs is 1. The number of carbonyl (C=O) groups is 3. The molecule has 1 saturated heterocycles. The van der Waals surface area contributed by atoms with Gasteiger partial charge in [-0.15, -0.1) is 0 Å². The molecule has 210 valence electrons. The number of aryl methyl sites for hydroxylation is 2. The number of anilines is 1. The summed E-state index contributed by atoms with van der Waals surface area (Å²) in [5.74, 6) is -2.09. The van der Waals surface area contributed by atoms with Crippen molar-refractivity contribution in [2.45, 2.75) is 19.9 Å². The maximum atomic E-state index is 13.7. The van der Waals surface area contributed by atoms with Crippen LogP contribution in [0.15, 0.2) is 60.8 Å². The Bertz CT molecular complexity index is 1750. The van der Waals surface area contributed by atoms with E-state index in [-0.39, 0.29) is 27.9 Å². The van der Waals surface area contributed by atoms with Gasteiger partial charge in [-0.1, -0.05) is 36.1 Å². The van der Waals surface area contributed by atoms with Crippen LogP contribution in [0.5, 0.6) is 11.5 Å². The van der Waals surface area contributed by atoms with Crippen LogP contribution in [0.25, 0.3) is 11.4 Å². The highest BCUT2D eigenvalue weighted by Gasteiger charge is 2.49. The topological polar surface area (TPSA) is 133 Å². The van der Waals surface area contributed by atoms with Crippen molar-refractivity contribution in [3.05, 3.63) is 88.3 Å². The van der Waals surface area contributed by atoms with Crippen molar-refractivity contribution >= 4 is 45.5 Å². The van der Waals surface area contributed by atoms with E-state index in [2.05, 4.69) is 16.5 Å². The van der Waals surface area contributed by atoms with Crippen molar-refractivity contribution in [2.24, 2.45) is 0 Å². The largest absolute Gasteiger partial charge is 0.505 e. The molecule has 1 atom stereocenters. The number of nitrogens with zero attached hydrogens (tertiary/aromatic N) is 4. The zero-order chi connectivity index (χ0) is 29.4. The number of aromatic nitrogens is 3. The number of pyridine rings is 1. The predicted molar refractivity (Wildman–Crippen MR) is 152 cm³/mol. The average Bonchev–Trinajstić information content (AvgIpc) is 3.60. The lowest BCUT2D eigenvalue weighted by atomic mass is 9.96. The van der Waals surface area contributed by atoms with Crippen LogP contribution < -0.4 is 14.4 Å². The lowest BCUT2D eigenvalue weighted by molar-refractivity contribution is -0.132. The van der Waals surface area contributed by atoms with Crippen LogP contribution in [0, 0.1) is 13.8 Å². The number of rotatable bonds is 8. The second-order valence-corrected chi connectivity index (χ2v) is 10.0. The summed E-state index contributed by atoms with van der Waals surface area (Å²) in [6.07, 6.45) is 3.14. The highest BCUT2D eigenvalue weighted by atomic mass is 32.1. The van der Waals surface area contributed by atoms with E-state index < -0.39 is 29.5 Å². The molecule has 0 saturated carbocycles. The maximum Gasteiger partial charge on any atom is 0.350 e. The third-order valence-corrected chi connectivity index (χ3v) is 7.74. The van der Waals surface area contributed by atoms with E-state index >= 15 is 0 Å². The number of hydrogen-bond donors (Lipinski definition) is 1. The first kappa shape index (κ1) is 27.6. The van der Waals surface area contributed by atoms with Gasteiger partial charge in [-0.25, -0.2) is 14.8 Å². The molecule has 41 heavy (non-hydrogen) atoms. The van der Waals surface area contributed by atoms with Gasteiger partial charge in [0.2, 0.25) is 0 Å². The molecule has 0 bridgehead atoms. The monoisotopic (exact) mass is 574 g/mol. The summed E-state index contributed by atoms with van der Waals surface area (Å²) in [5.41, 5.74) is 1.89. The second kappa shape index (κ2) is 10.9. The van der Waals surface area contributed by atoms with Gasteiger partial charge >= 0.3 is 11.9 Å². The number of methoxy groups -OCH3 is 2. The number of hydrogen-bond acceptors (Lipinski definition) is 10. The quantitative estimate of drug-likeness (QED) is 0.107. The van der Waals surface area contributed by atoms with Crippen LogP contribution in [-0.2, 0) is 14.3 Å². The Morgan fingerprint density at radius 3 is 2.56 bits per heavy atom. The Labute approximate surface area is 238 Å². The van der Waals surface area contributed by atoms with E-state index in [4.69, 9.17) is 14.2 Å². The molecule has 5 rings (SSSR count). The van der Waals surface area contributed by atoms with Crippen molar-refractivity contribution in [3.63, 3.8) is 0 Å². The Hall–Kier alpha value is -4.97. The Balaban J connectivity index is 1.74. The first-order valence-corrected chi connectivity index (χ1v) is 13.3. The predicted octanol–water partition coefficient (Wildman–Crippen LogP) is 4.39. The minimum absolute atomic E-state index is 0.000318. The van der Waals surface area contributed by atoms with E-state index in [1.54, 1.807) is 60.8 Å². The molecule has 4 heterocycles. The molecule has 1 aromatic carbocycles. The van der Waals surface area contributed by atoms with Gasteiger partial charge in [0.25, 0.3) is 5.78 Å². The molecule has 12 heteroatoms. The van der Waals surface area contributed by atoms with E-state index in [1.807, 2.05) is 0 Å². The molecule has 1 aliphatic rings. The molecule has 1 N–H and O–H groups in total. The molecule has 0 aliphatic carbocycles. The van der Waals surface area contributed by atoms with Crippen LogP contribution in [0.4, 0.5) is 5.13 Å². The van der Waals surface area contributed by atoms with Gasteiger partial charge in [-0.05, 0) is 43.7 Å². The molecule has 4 aromatic rings. The number of imidazole rings is 1. The Morgan fingerprint density at radius 2 is 1.85 bits per heavy atom. The van der Waals surface area contributed by atoms with E-state index in [0.717, 1.165) is 11.3 Å². The number of aliphatic hydroxyl groups is 1. The molecule has 3 aromatic heterocycles. The second-order valence-electron chi connectivity index (χ2n) is 9.06. The minimum atomic E-state index is -1.12. The van der Waals surface area contributed by atoms with Crippen LogP contribution in [0.1, 0.15) is 38.4 Å². The minimum Gasteiger partial charge on any atom is -0.505 e. The number of Topliss-reactive ketones (excluding diaryl/α,β-unsaturated/α-hetero) is 1. The van der Waals surface area contributed by atoms with Gasteiger partial charge in [0, 0.05) is 6.20 Å². The standard InChI is InChI=1S/C29H26N4O7S/c1-6-13-40-28(37)26-16(3)31-29(41-26)33-23(17-10-11-18(38-4)19(14-17)39-5)21(25(35)27(33)36)24(34)22-15(2)30-20-9-7-8-12-32(20)22/h6-12,14,23,34H,1,13H2,2-5H3/b24-21+. The number of carbonyl (C=O) groups excluding carboxylic acids is 3. The summed E-state index contributed by atoms with van der Waals surface area (Å²) < 4.78 is 17.7. The molecule has 0 spiro atoms. The number of aliphatic hydroxyl groups excluding tert-OH is 1. The molecule has 0 radical (unpaired) electrons. The van der Waals surface area contributed by atoms with Crippen molar-refractivity contribution in [2.75, 3.05) is 25.7 Å². The number of amides is 1. The normalized spacial score (nSPS) is 16.3. The van der Waals surface area contributed by atoms with Crippen LogP contribution >= 0.6 is 11.3 Å². The van der Waals surface area contributed by atoms with E-state index in [1.165, 1.54) is 25.2 Å². The molecule has 1 amide bonds. The van der Waals surface area contributed by atoms with Gasteiger partial charge in [0.15, 0.2) is 22.4 Å². The highest BCUT2D eigenvalue weighted by Crippen LogP contribution is 2.45. The van der Waals surface area contributed by atoms with Crippen molar-refractivity contribution in [1.82, 2.24) is 14.4 Å². The zero-order valence-electron chi connectivity index (χ0n) is 22.7. The number of ketones is 1. The first-order valence-electron chi connectivity index (χ1n) is 12.4. The van der Waals surface area contributed by atoms with E-state index in [9.17, 15) is 19.5 Å². The Kier molecular flexibility index (Phi) is 7.33. The number of esters is 1. The summed E-state index contributed by atoms with van der Waals surface area (Å²) in [6.45, 7) is 6.85. The fourth-order valence-corrected chi connectivity index (χ4v) is 5.76. The van der Waals surface area contributed by atoms with Crippen LogP contribution in [0.2, 0.25) is 0 Å². The van der Waals surface area contributed by atoms with Crippen molar-refractivity contribution in [1.29, 1.82) is 0 Å². The number of benzene rings is 1. The maximum absolute atomic E-state index is 13.7. The van der Waals surface area contributed by atoms with Crippen LogP contribution in [-0.4, -0.2) is 58.0 Å². The van der Waals surface area contributed by atoms with Crippen molar-refractivity contribution < 1.29 is 33.7 Å². The summed E-state index contributed by atoms with van der Waals surface area (Å²) >= 11 is 0.909. The smallest absolute Gasteiger partial charge is 0.350 e. The lowest BCUT2D eigenvalue weighted by Gasteiger charge is -2.23. The number of ether oxygens (including phenoxy) is 3. The fraction of sp³-hybridized carbons (Fsp3) is 0.207. The van der Waals surface area contributed by atoms with Crippen LogP contribution in [0.3, 0.4) is 0 Å². The third-order valence-electron chi connectivity index (χ3n) is 6.61. The third kappa shape index (κ3) is 4.61. The zero-order valence-corrected chi connectivity index (χ0v) is 23.5. The highest BCUT2D eigenvalue weighted by molar-refractivity contribution is 7.17. The average molecular weight is 575 g/mol. The van der Waals surface area contributed by atoms with Crippen molar-refractivity contribution in [3.8, 4) is 11.5 Å². The van der Waals surface area contributed by atoms with Gasteiger partial charge < -0.3 is 19.3 Å². The first-order chi connectivity index (χ1) is 19.7. The molecule has 11 nitrogen and oxygen atoms in total. The van der Waals surface area contributed by atoms with E-state index in [0.29, 0.717) is 34.1 Å². The molecule has 1 unspecified atom stereocenters. The fourth-order valence-electron chi connectivity index (χ4n) is 4.77. The molecule has 1 aliphatic heterocycles. The SMILES string of the molecule is C=CCOC(=O)c1sc(N2C(=O)C(=O)/C(=C(/O)c3c(C)nc4ccccn34)C2c2ccc(OC)c(OC)c2)nc1C. The molecular weight excluding hydrogens is 548 g/mol. The summed E-state index contributed by atoms with van der Waals surface area (Å²) in [7, 11) is 2.95. The molecular formula is C29H26N4O7S. The summed E-state index contributed by atoms with van der Waals surface area (Å²) in [5, 5.41) is 11.8.